The molecule has 0 fully saturated rings. The lowest BCUT2D eigenvalue weighted by atomic mass is 10.2. The van der Waals surface area contributed by atoms with Crippen LogP contribution in [0.5, 0.6) is 0 Å². The van der Waals surface area contributed by atoms with Crippen molar-refractivity contribution in [1.29, 1.82) is 5.26 Å². The number of nitrogens with zero attached hydrogens (tertiary/aromatic N) is 7. The Balaban J connectivity index is 1.75. The monoisotopic (exact) mass is 344 g/mol. The normalized spacial score (nSPS) is 10.8. The molecule has 0 atom stereocenters. The molecule has 8 nitrogen and oxygen atoms in total. The summed E-state index contributed by atoms with van der Waals surface area (Å²) in [6.45, 7) is 4.74. The highest BCUT2D eigenvalue weighted by Gasteiger charge is 2.13. The minimum atomic E-state index is 0.475. The Kier molecular flexibility index (Phi) is 3.82. The number of aromatic nitrogens is 6. The summed E-state index contributed by atoms with van der Waals surface area (Å²) in [5, 5.41) is 21.8. The van der Waals surface area contributed by atoms with E-state index >= 15 is 0 Å². The van der Waals surface area contributed by atoms with E-state index in [0.717, 1.165) is 29.0 Å². The summed E-state index contributed by atoms with van der Waals surface area (Å²) in [5.74, 6) is 0.475. The highest BCUT2D eigenvalue weighted by atomic mass is 15.3. The Morgan fingerprint density at radius 2 is 2.00 bits per heavy atom. The first kappa shape index (κ1) is 15.8. The van der Waals surface area contributed by atoms with Gasteiger partial charge in [0, 0.05) is 18.9 Å². The zero-order valence-corrected chi connectivity index (χ0v) is 14.4. The minimum Gasteiger partial charge on any atom is -0.321 e. The molecule has 3 heterocycles. The van der Waals surface area contributed by atoms with E-state index in [1.165, 1.54) is 0 Å². The van der Waals surface area contributed by atoms with E-state index in [4.69, 9.17) is 5.26 Å². The summed E-state index contributed by atoms with van der Waals surface area (Å²) >= 11 is 0. The molecule has 0 saturated heterocycles. The van der Waals surface area contributed by atoms with Crippen molar-refractivity contribution in [2.45, 2.75) is 20.4 Å². The number of hydrogen-bond donors (Lipinski definition) is 1. The van der Waals surface area contributed by atoms with Crippen LogP contribution in [0.1, 0.15) is 18.2 Å². The number of nitriles is 1. The smallest absolute Gasteiger partial charge is 0.229 e. The fourth-order valence-corrected chi connectivity index (χ4v) is 2.69. The quantitative estimate of drug-likeness (QED) is 0.611. The van der Waals surface area contributed by atoms with Gasteiger partial charge in [0.2, 0.25) is 5.95 Å². The Hall–Kier alpha value is -3.73. The molecule has 0 amide bonds. The van der Waals surface area contributed by atoms with Gasteiger partial charge in [-0.1, -0.05) is 0 Å². The third-order valence-corrected chi connectivity index (χ3v) is 4.06. The molecule has 1 aromatic carbocycles. The third kappa shape index (κ3) is 2.75. The number of aryl methyl sites for hydroxylation is 2. The first-order chi connectivity index (χ1) is 12.7. The molecule has 4 aromatic rings. The van der Waals surface area contributed by atoms with E-state index in [1.54, 1.807) is 29.2 Å². The number of nitrogens with one attached hydrogen (secondary N) is 1. The number of hydrogen-bond acceptors (Lipinski definition) is 6. The Bertz CT molecular complexity index is 1110. The molecular formula is C18H16N8. The summed E-state index contributed by atoms with van der Waals surface area (Å²) in [6.07, 6.45) is 5.40. The highest BCUT2D eigenvalue weighted by molar-refractivity contribution is 5.80. The van der Waals surface area contributed by atoms with Crippen molar-refractivity contribution >= 4 is 22.7 Å². The van der Waals surface area contributed by atoms with Gasteiger partial charge in [-0.05, 0) is 38.1 Å². The van der Waals surface area contributed by atoms with Crippen molar-refractivity contribution in [1.82, 2.24) is 29.5 Å². The van der Waals surface area contributed by atoms with Crippen LogP contribution in [0.2, 0.25) is 0 Å². The molecule has 0 unspecified atom stereocenters. The molecule has 26 heavy (non-hydrogen) atoms. The van der Waals surface area contributed by atoms with Gasteiger partial charge in [-0.3, -0.25) is 4.68 Å². The molecule has 8 heteroatoms. The maximum atomic E-state index is 8.96. The molecule has 128 valence electrons. The first-order valence-electron chi connectivity index (χ1n) is 8.20. The van der Waals surface area contributed by atoms with E-state index in [2.05, 4.69) is 31.6 Å². The van der Waals surface area contributed by atoms with E-state index < -0.39 is 0 Å². The number of benzene rings is 1. The lowest BCUT2D eigenvalue weighted by molar-refractivity contribution is 0.660. The van der Waals surface area contributed by atoms with E-state index in [0.29, 0.717) is 17.2 Å². The number of anilines is 2. The summed E-state index contributed by atoms with van der Waals surface area (Å²) in [5.41, 5.74) is 3.81. The van der Waals surface area contributed by atoms with Crippen LogP contribution in [-0.4, -0.2) is 29.5 Å². The van der Waals surface area contributed by atoms with Gasteiger partial charge in [0.15, 0.2) is 5.65 Å². The summed E-state index contributed by atoms with van der Waals surface area (Å²) in [4.78, 5) is 9.00. The van der Waals surface area contributed by atoms with Crippen molar-refractivity contribution in [3.63, 3.8) is 0 Å². The molecule has 0 radical (unpaired) electrons. The molecular weight excluding hydrogens is 328 g/mol. The molecule has 0 saturated carbocycles. The van der Waals surface area contributed by atoms with Crippen LogP contribution in [0.3, 0.4) is 0 Å². The van der Waals surface area contributed by atoms with Gasteiger partial charge in [0.05, 0.1) is 40.3 Å². The lowest BCUT2D eigenvalue weighted by Gasteiger charge is -2.05. The molecule has 3 aromatic heterocycles. The van der Waals surface area contributed by atoms with Crippen molar-refractivity contribution < 1.29 is 0 Å². The molecule has 1 N–H and O–H groups in total. The zero-order valence-electron chi connectivity index (χ0n) is 14.4. The van der Waals surface area contributed by atoms with Gasteiger partial charge in [0.25, 0.3) is 0 Å². The van der Waals surface area contributed by atoms with Gasteiger partial charge in [0.1, 0.15) is 0 Å². The maximum absolute atomic E-state index is 8.96. The SMILES string of the molecule is CCn1cc(Nc2ncc3c(C)nn(-c4ccc(C#N)cc4)c3n2)cn1. The summed E-state index contributed by atoms with van der Waals surface area (Å²) < 4.78 is 3.58. The Labute approximate surface area is 149 Å². The number of fused-ring (bicyclic) bond motifs is 1. The molecule has 0 aliphatic heterocycles. The minimum absolute atomic E-state index is 0.475. The Morgan fingerprint density at radius 3 is 2.69 bits per heavy atom. The second kappa shape index (κ2) is 6.29. The standard InChI is InChI=1S/C18H16N8/c1-3-25-11-14(9-21-25)22-18-20-10-16-12(2)24-26(17(16)23-18)15-6-4-13(8-19)5-7-15/h4-7,9-11H,3H2,1-2H3,(H,20,22,23). The van der Waals surface area contributed by atoms with E-state index in [9.17, 15) is 0 Å². The van der Waals surface area contributed by atoms with Crippen LogP contribution >= 0.6 is 0 Å². The summed E-state index contributed by atoms with van der Waals surface area (Å²) in [7, 11) is 0. The van der Waals surface area contributed by atoms with Gasteiger partial charge in [-0.25, -0.2) is 9.67 Å². The predicted octanol–water partition coefficient (Wildman–Crippen LogP) is 2.96. The van der Waals surface area contributed by atoms with Crippen LogP contribution in [0.25, 0.3) is 16.7 Å². The van der Waals surface area contributed by atoms with Gasteiger partial charge < -0.3 is 5.32 Å². The third-order valence-electron chi connectivity index (χ3n) is 4.06. The topological polar surface area (TPSA) is 97.2 Å². The second-order valence-corrected chi connectivity index (χ2v) is 5.80. The van der Waals surface area contributed by atoms with Gasteiger partial charge >= 0.3 is 0 Å². The molecule has 0 bridgehead atoms. The van der Waals surface area contributed by atoms with Crippen molar-refractivity contribution in [3.8, 4) is 11.8 Å². The zero-order chi connectivity index (χ0) is 18.1. The van der Waals surface area contributed by atoms with E-state index in [1.807, 2.05) is 36.9 Å². The lowest BCUT2D eigenvalue weighted by Crippen LogP contribution is -2.01. The van der Waals surface area contributed by atoms with Crippen molar-refractivity contribution in [2.75, 3.05) is 5.32 Å². The van der Waals surface area contributed by atoms with Crippen molar-refractivity contribution in [3.05, 3.63) is 54.1 Å². The first-order valence-corrected chi connectivity index (χ1v) is 8.20. The number of rotatable bonds is 4. The average molecular weight is 344 g/mol. The highest BCUT2D eigenvalue weighted by Crippen LogP contribution is 2.22. The molecule has 0 aliphatic carbocycles. The largest absolute Gasteiger partial charge is 0.321 e. The van der Waals surface area contributed by atoms with Crippen LogP contribution in [-0.2, 0) is 6.54 Å². The van der Waals surface area contributed by atoms with Crippen LogP contribution < -0.4 is 5.32 Å². The predicted molar refractivity (Wildman–Crippen MR) is 97.3 cm³/mol. The fourth-order valence-electron chi connectivity index (χ4n) is 2.69. The average Bonchev–Trinajstić information content (AvgIpc) is 3.26. The summed E-state index contributed by atoms with van der Waals surface area (Å²) in [6, 6.07) is 9.35. The maximum Gasteiger partial charge on any atom is 0.229 e. The van der Waals surface area contributed by atoms with Crippen LogP contribution in [0, 0.1) is 18.3 Å². The second-order valence-electron chi connectivity index (χ2n) is 5.80. The molecule has 0 spiro atoms. The molecule has 4 rings (SSSR count). The Morgan fingerprint density at radius 1 is 1.19 bits per heavy atom. The fraction of sp³-hybridized carbons (Fsp3) is 0.167. The van der Waals surface area contributed by atoms with Gasteiger partial charge in [-0.2, -0.15) is 20.4 Å². The van der Waals surface area contributed by atoms with Gasteiger partial charge in [-0.15, -0.1) is 0 Å². The van der Waals surface area contributed by atoms with Crippen LogP contribution in [0.4, 0.5) is 11.6 Å². The van der Waals surface area contributed by atoms with Crippen molar-refractivity contribution in [2.24, 2.45) is 0 Å². The molecule has 0 aliphatic rings. The van der Waals surface area contributed by atoms with Crippen LogP contribution in [0.15, 0.2) is 42.9 Å². The van der Waals surface area contributed by atoms with E-state index in [-0.39, 0.29) is 0 Å².